The van der Waals surface area contributed by atoms with E-state index >= 15 is 0 Å². The molecule has 4 N–H and O–H groups in total. The molecule has 6 heteroatoms. The summed E-state index contributed by atoms with van der Waals surface area (Å²) < 4.78 is 5.58. The largest absolute Gasteiger partial charge is 0.418 e. The lowest BCUT2D eigenvalue weighted by molar-refractivity contribution is 0.441. The van der Waals surface area contributed by atoms with Gasteiger partial charge in [-0.3, -0.25) is 10.5 Å². The molecule has 0 saturated heterocycles. The van der Waals surface area contributed by atoms with Crippen LogP contribution in [0.15, 0.2) is 12.1 Å². The lowest BCUT2D eigenvalue weighted by atomic mass is 10.1. The molecule has 94 valence electrons. The number of hydrogen-bond donors (Lipinski definition) is 3. The van der Waals surface area contributed by atoms with E-state index in [4.69, 9.17) is 15.9 Å². The minimum absolute atomic E-state index is 0.0674. The zero-order valence-electron chi connectivity index (χ0n) is 10.5. The highest BCUT2D eigenvalue weighted by Crippen LogP contribution is 2.25. The Balaban J connectivity index is 2.45. The fourth-order valence-electron chi connectivity index (χ4n) is 1.75. The van der Waals surface area contributed by atoms with Gasteiger partial charge in [0.2, 0.25) is 11.8 Å². The Morgan fingerprint density at radius 3 is 2.61 bits per heavy atom. The lowest BCUT2D eigenvalue weighted by Gasteiger charge is -2.10. The van der Waals surface area contributed by atoms with Gasteiger partial charge in [-0.15, -0.1) is 5.10 Å². The van der Waals surface area contributed by atoms with Crippen molar-refractivity contribution in [1.82, 2.24) is 15.2 Å². The molecule has 18 heavy (non-hydrogen) atoms. The smallest absolute Gasteiger partial charge is 0.240 e. The molecule has 0 fully saturated rings. The van der Waals surface area contributed by atoms with Gasteiger partial charge in [-0.05, 0) is 32.4 Å². The number of rotatable bonds is 3. The van der Waals surface area contributed by atoms with E-state index in [1.54, 1.807) is 6.07 Å². The minimum Gasteiger partial charge on any atom is -0.418 e. The van der Waals surface area contributed by atoms with Gasteiger partial charge in [-0.2, -0.15) is 0 Å². The average Bonchev–Trinajstić information content (AvgIpc) is 2.62. The molecule has 0 aliphatic carbocycles. The van der Waals surface area contributed by atoms with Crippen LogP contribution in [0.5, 0.6) is 11.8 Å². The fraction of sp³-hybridized carbons (Fsp3) is 0.250. The van der Waals surface area contributed by atoms with E-state index in [1.165, 1.54) is 0 Å². The average molecular weight is 245 g/mol. The van der Waals surface area contributed by atoms with Crippen LogP contribution in [0.4, 0.5) is 0 Å². The van der Waals surface area contributed by atoms with E-state index in [2.05, 4.69) is 15.2 Å². The van der Waals surface area contributed by atoms with E-state index in [9.17, 15) is 0 Å². The summed E-state index contributed by atoms with van der Waals surface area (Å²) in [6, 6.07) is 3.61. The van der Waals surface area contributed by atoms with Crippen LogP contribution in [-0.4, -0.2) is 21.0 Å². The molecule has 0 amide bonds. The SMILES string of the molecule is Cc1cc(C)c(C(=N)N)c(Oc2cc(C)[nH]n2)n1. The topological polar surface area (TPSA) is 101 Å². The first kappa shape index (κ1) is 12.1. The minimum atomic E-state index is -0.0674. The fourth-order valence-corrected chi connectivity index (χ4v) is 1.75. The first-order valence-electron chi connectivity index (χ1n) is 5.50. The predicted octanol–water partition coefficient (Wildman–Crippen LogP) is 1.81. The summed E-state index contributed by atoms with van der Waals surface area (Å²) in [6.45, 7) is 5.61. The van der Waals surface area contributed by atoms with Crippen molar-refractivity contribution >= 4 is 5.84 Å². The van der Waals surface area contributed by atoms with E-state index in [1.807, 2.05) is 26.8 Å². The van der Waals surface area contributed by atoms with Crippen molar-refractivity contribution in [1.29, 1.82) is 5.41 Å². The van der Waals surface area contributed by atoms with Crippen molar-refractivity contribution in [2.45, 2.75) is 20.8 Å². The van der Waals surface area contributed by atoms with Crippen molar-refractivity contribution in [2.24, 2.45) is 5.73 Å². The summed E-state index contributed by atoms with van der Waals surface area (Å²) in [7, 11) is 0. The van der Waals surface area contributed by atoms with Crippen LogP contribution in [0.3, 0.4) is 0 Å². The van der Waals surface area contributed by atoms with Crippen LogP contribution >= 0.6 is 0 Å². The third-order valence-electron chi connectivity index (χ3n) is 2.46. The Bertz CT molecular complexity index is 603. The molecule has 0 radical (unpaired) electrons. The molecule has 2 heterocycles. The first-order chi connectivity index (χ1) is 8.47. The normalized spacial score (nSPS) is 10.4. The van der Waals surface area contributed by atoms with Gasteiger partial charge in [0.05, 0.1) is 5.56 Å². The van der Waals surface area contributed by atoms with E-state index in [0.29, 0.717) is 17.3 Å². The number of nitrogens with zero attached hydrogens (tertiary/aromatic N) is 2. The maximum absolute atomic E-state index is 7.59. The number of nitrogens with one attached hydrogen (secondary N) is 2. The molecule has 2 aromatic heterocycles. The molecular formula is C12H15N5O. The Labute approximate surface area is 105 Å². The number of H-pyrrole nitrogens is 1. The van der Waals surface area contributed by atoms with Gasteiger partial charge in [0.1, 0.15) is 5.84 Å². The zero-order valence-corrected chi connectivity index (χ0v) is 10.5. The number of nitrogen functional groups attached to an aromatic ring is 1. The summed E-state index contributed by atoms with van der Waals surface area (Å²) in [6.07, 6.45) is 0. The van der Waals surface area contributed by atoms with Crippen molar-refractivity contribution in [2.75, 3.05) is 0 Å². The predicted molar refractivity (Wildman–Crippen MR) is 68.1 cm³/mol. The van der Waals surface area contributed by atoms with E-state index in [-0.39, 0.29) is 5.84 Å². The highest BCUT2D eigenvalue weighted by Gasteiger charge is 2.14. The van der Waals surface area contributed by atoms with Crippen LogP contribution < -0.4 is 10.5 Å². The van der Waals surface area contributed by atoms with Gasteiger partial charge in [-0.1, -0.05) is 0 Å². The summed E-state index contributed by atoms with van der Waals surface area (Å²) in [4.78, 5) is 4.26. The van der Waals surface area contributed by atoms with Gasteiger partial charge in [-0.25, -0.2) is 4.98 Å². The molecule has 0 aliphatic rings. The molecule has 0 atom stereocenters. The summed E-state index contributed by atoms with van der Waals surface area (Å²) in [5, 5.41) is 14.3. The van der Waals surface area contributed by atoms with Gasteiger partial charge < -0.3 is 10.5 Å². The molecule has 0 spiro atoms. The van der Waals surface area contributed by atoms with Crippen molar-refractivity contribution in [3.05, 3.63) is 34.6 Å². The summed E-state index contributed by atoms with van der Waals surface area (Å²) in [5.41, 5.74) is 8.61. The highest BCUT2D eigenvalue weighted by molar-refractivity contribution is 5.98. The van der Waals surface area contributed by atoms with Crippen molar-refractivity contribution in [3.8, 4) is 11.8 Å². The molecule has 0 bridgehead atoms. The molecule has 0 aromatic carbocycles. The number of hydrogen-bond acceptors (Lipinski definition) is 4. The van der Waals surface area contributed by atoms with E-state index in [0.717, 1.165) is 17.0 Å². The maximum Gasteiger partial charge on any atom is 0.240 e. The van der Waals surface area contributed by atoms with Gasteiger partial charge >= 0.3 is 0 Å². The number of aromatic amines is 1. The molecular weight excluding hydrogens is 230 g/mol. The molecule has 0 saturated carbocycles. The highest BCUT2D eigenvalue weighted by atomic mass is 16.5. The molecule has 0 aliphatic heterocycles. The number of nitrogens with two attached hydrogens (primary N) is 1. The number of pyridine rings is 1. The number of amidine groups is 1. The number of ether oxygens (including phenoxy) is 1. The van der Waals surface area contributed by atoms with Crippen molar-refractivity contribution in [3.63, 3.8) is 0 Å². The quantitative estimate of drug-likeness (QED) is 0.567. The maximum atomic E-state index is 7.59. The van der Waals surface area contributed by atoms with E-state index < -0.39 is 0 Å². The number of aryl methyl sites for hydroxylation is 3. The second-order valence-corrected chi connectivity index (χ2v) is 4.17. The monoisotopic (exact) mass is 245 g/mol. The van der Waals surface area contributed by atoms with Crippen LogP contribution in [0.2, 0.25) is 0 Å². The second-order valence-electron chi connectivity index (χ2n) is 4.17. The summed E-state index contributed by atoms with van der Waals surface area (Å²) >= 11 is 0. The lowest BCUT2D eigenvalue weighted by Crippen LogP contribution is -2.15. The Hall–Kier alpha value is -2.37. The molecule has 2 aromatic rings. The molecule has 6 nitrogen and oxygen atoms in total. The van der Waals surface area contributed by atoms with Crippen LogP contribution in [0.1, 0.15) is 22.5 Å². The van der Waals surface area contributed by atoms with Gasteiger partial charge in [0.25, 0.3) is 0 Å². The van der Waals surface area contributed by atoms with Gasteiger partial charge in [0.15, 0.2) is 0 Å². The van der Waals surface area contributed by atoms with Crippen LogP contribution in [0, 0.1) is 26.2 Å². The Kier molecular flexibility index (Phi) is 3.01. The molecule has 2 rings (SSSR count). The van der Waals surface area contributed by atoms with Crippen LogP contribution in [0.25, 0.3) is 0 Å². The molecule has 0 unspecified atom stereocenters. The Morgan fingerprint density at radius 2 is 2.06 bits per heavy atom. The van der Waals surface area contributed by atoms with Crippen molar-refractivity contribution < 1.29 is 4.74 Å². The first-order valence-corrected chi connectivity index (χ1v) is 5.50. The third-order valence-corrected chi connectivity index (χ3v) is 2.46. The Morgan fingerprint density at radius 1 is 1.33 bits per heavy atom. The van der Waals surface area contributed by atoms with Crippen LogP contribution in [-0.2, 0) is 0 Å². The zero-order chi connectivity index (χ0) is 13.3. The standard InChI is InChI=1S/C12H15N5O/c1-6-4-7(2)15-12(10(6)11(13)14)18-9-5-8(3)16-17-9/h4-5H,1-3H3,(H3,13,14)(H,16,17). The summed E-state index contributed by atoms with van der Waals surface area (Å²) in [5.74, 6) is 0.654. The van der Waals surface area contributed by atoms with Gasteiger partial charge in [0, 0.05) is 17.5 Å². The number of aromatic nitrogens is 3. The second kappa shape index (κ2) is 4.48. The third kappa shape index (κ3) is 2.32.